The van der Waals surface area contributed by atoms with Crippen molar-refractivity contribution in [2.24, 2.45) is 0 Å². The molecule has 0 amide bonds. The molecular weight excluding hydrogens is 185 g/mol. The first-order chi connectivity index (χ1) is 3.73. The summed E-state index contributed by atoms with van der Waals surface area (Å²) in [5.41, 5.74) is 0. The molecule has 7 N–H and O–H groups in total. The Balaban J connectivity index is -0.0000000383. The van der Waals surface area contributed by atoms with E-state index < -0.39 is 15.0 Å². The fraction of sp³-hybridized carbons (Fsp3) is 0.500. The van der Waals surface area contributed by atoms with Gasteiger partial charge in [0, 0.05) is 5.97 Å². The molecule has 0 fully saturated rings. The maximum absolute atomic E-state index is 8.89. The van der Waals surface area contributed by atoms with E-state index in [0.717, 1.165) is 6.92 Å². The van der Waals surface area contributed by atoms with Crippen molar-refractivity contribution in [1.82, 2.24) is 6.15 Å². The molecule has 0 spiro atoms. The van der Waals surface area contributed by atoms with E-state index in [1.165, 1.54) is 0 Å². The second-order valence-electron chi connectivity index (χ2n) is 1.09. The molecule has 0 bridgehead atoms. The topological polar surface area (TPSA) is 156 Å². The van der Waals surface area contributed by atoms with Gasteiger partial charge in [0.15, 0.2) is 0 Å². The van der Waals surface area contributed by atoms with Gasteiger partial charge in [-0.2, -0.15) is 0 Å². The van der Waals surface area contributed by atoms with Crippen molar-refractivity contribution in [2.75, 3.05) is 0 Å². The Bertz CT molecular complexity index is 83.1. The summed E-state index contributed by atoms with van der Waals surface area (Å²) in [5, 5.41) is 8.89. The van der Waals surface area contributed by atoms with Crippen LogP contribution in [0.1, 0.15) is 6.92 Å². The van der Waals surface area contributed by atoms with Crippen molar-refractivity contribution in [3.63, 3.8) is 0 Å². The van der Waals surface area contributed by atoms with Crippen molar-refractivity contribution in [3.05, 3.63) is 0 Å². The van der Waals surface area contributed by atoms with Gasteiger partial charge in [-0.25, -0.2) is 0 Å². The van der Waals surface area contributed by atoms with Crippen LogP contribution in [0.2, 0.25) is 0 Å². The maximum Gasteiger partial charge on any atom is 1.00 e. The summed E-state index contributed by atoms with van der Waals surface area (Å²) in [6, 6.07) is 0. The third kappa shape index (κ3) is 3190. The van der Waals surface area contributed by atoms with Gasteiger partial charge in [-0.1, -0.05) is 0 Å². The molecule has 64 valence electrons. The second-order valence-corrected chi connectivity index (χ2v) is 2.29. The number of carbonyl (C=O) groups excluding carboxylic acids is 1. The summed E-state index contributed by atoms with van der Waals surface area (Å²) >= 11 is 0. The first-order valence-corrected chi connectivity index (χ1v) is 3.59. The van der Waals surface area contributed by atoms with Crippen LogP contribution >= 0.6 is 0 Å². The molecule has 0 rings (SSSR count). The molecule has 0 aromatic carbocycles. The number of carboxylic acids is 1. The molecule has 0 atom stereocenters. The van der Waals surface area contributed by atoms with Crippen LogP contribution in [0.15, 0.2) is 0 Å². The van der Waals surface area contributed by atoms with Crippen molar-refractivity contribution in [1.29, 1.82) is 0 Å². The minimum absolute atomic E-state index is 0. The molecule has 0 heterocycles. The number of hydrogen-bond donors (Lipinski definition) is 5. The van der Waals surface area contributed by atoms with Crippen LogP contribution in [-0.4, -0.2) is 34.2 Å². The summed E-state index contributed by atoms with van der Waals surface area (Å²) in [7, 11) is -4.61. The molecule has 0 aromatic heterocycles. The van der Waals surface area contributed by atoms with E-state index in [-0.39, 0.29) is 35.7 Å². The number of rotatable bonds is 0. The molecule has 7 nitrogen and oxygen atoms in total. The van der Waals surface area contributed by atoms with Crippen LogP contribution in [-0.2, 0) is 4.79 Å². The fourth-order valence-corrected chi connectivity index (χ4v) is 0. The summed E-state index contributed by atoms with van der Waals surface area (Å²) in [6.45, 7) is 0.972. The number of carbonyl (C=O) groups is 1. The van der Waals surface area contributed by atoms with Crippen molar-refractivity contribution < 1.29 is 58.6 Å². The largest absolute Gasteiger partial charge is 1.00 e. The average Bonchev–Trinajstić information content (AvgIpc) is 1.19. The molecule has 0 saturated carbocycles. The summed E-state index contributed by atoms with van der Waals surface area (Å²) < 4.78 is 0. The number of carboxylic acid groups (broad SMARTS) is 1. The smallest absolute Gasteiger partial charge is 0.550 e. The van der Waals surface area contributed by atoms with E-state index in [0.29, 0.717) is 0 Å². The Morgan fingerprint density at radius 1 is 1.27 bits per heavy atom. The fourth-order valence-electron chi connectivity index (χ4n) is 0. The zero-order chi connectivity index (χ0) is 8.08. The van der Waals surface area contributed by atoms with Gasteiger partial charge in [-0.05, 0) is 6.92 Å². The van der Waals surface area contributed by atoms with Crippen LogP contribution in [0.3, 0.4) is 0 Å². The van der Waals surface area contributed by atoms with Crippen LogP contribution in [0.25, 0.3) is 0 Å². The maximum atomic E-state index is 8.89. The van der Waals surface area contributed by atoms with Crippen LogP contribution in [0.5, 0.6) is 0 Å². The predicted octanol–water partition coefficient (Wildman–Crippen LogP) is -6.69. The van der Waals surface area contributed by atoms with Crippen molar-refractivity contribution in [2.45, 2.75) is 6.92 Å². The molecule has 0 radical (unpaired) electrons. The third-order valence-corrected chi connectivity index (χ3v) is 0. The van der Waals surface area contributed by atoms with Gasteiger partial charge in [-0.15, -0.1) is 0 Å². The summed E-state index contributed by atoms with van der Waals surface area (Å²) in [6.07, 6.45) is 0. The standard InChI is InChI=1S/C2H4O2.H3N.Na.H4O4Si/c1-2(3)4;;;1-5(2,3)4/h1H3,(H,3,4);1H3;;1-4H/q;;+1;/p-1. The molecule has 11 heavy (non-hydrogen) atoms. The quantitative estimate of drug-likeness (QED) is 0.240. The Labute approximate surface area is 86.7 Å². The summed E-state index contributed by atoms with van der Waals surface area (Å²) in [4.78, 5) is 38.2. The first kappa shape index (κ1) is 22.5. The minimum atomic E-state index is -4.61. The average molecular weight is 195 g/mol. The third-order valence-electron chi connectivity index (χ3n) is 0. The molecular formula is C2H10NNaO6Si. The van der Waals surface area contributed by atoms with Gasteiger partial charge in [0.25, 0.3) is 0 Å². The molecule has 0 aliphatic rings. The molecule has 0 aliphatic heterocycles. The zero-order valence-corrected chi connectivity index (χ0v) is 9.31. The van der Waals surface area contributed by atoms with Crippen LogP contribution in [0.4, 0.5) is 0 Å². The Hall–Kier alpha value is 0.487. The van der Waals surface area contributed by atoms with E-state index >= 15 is 0 Å². The van der Waals surface area contributed by atoms with E-state index in [4.69, 9.17) is 29.1 Å². The first-order valence-electron chi connectivity index (χ1n) is 1.80. The minimum Gasteiger partial charge on any atom is -0.550 e. The zero-order valence-electron chi connectivity index (χ0n) is 6.31. The van der Waals surface area contributed by atoms with Gasteiger partial charge in [0.2, 0.25) is 0 Å². The van der Waals surface area contributed by atoms with Gasteiger partial charge in [-0.3, -0.25) is 0 Å². The van der Waals surface area contributed by atoms with Crippen LogP contribution in [0, 0.1) is 0 Å². The monoisotopic (exact) mass is 195 g/mol. The predicted molar refractivity (Wildman–Crippen MR) is 30.3 cm³/mol. The molecule has 0 saturated heterocycles. The Kier molecular flexibility index (Phi) is 21.5. The Morgan fingerprint density at radius 3 is 1.27 bits per heavy atom. The van der Waals surface area contributed by atoms with Gasteiger partial charge >= 0.3 is 38.6 Å². The molecule has 0 unspecified atom stereocenters. The van der Waals surface area contributed by atoms with E-state index in [1.54, 1.807) is 0 Å². The van der Waals surface area contributed by atoms with Gasteiger partial charge in [0.1, 0.15) is 0 Å². The summed E-state index contributed by atoms with van der Waals surface area (Å²) in [5.74, 6) is -1.08. The van der Waals surface area contributed by atoms with Gasteiger partial charge in [0.05, 0.1) is 0 Å². The SMILES string of the molecule is CC(=O)[O-].N.O[Si](O)(O)O.[Na+]. The van der Waals surface area contributed by atoms with Crippen LogP contribution < -0.4 is 40.8 Å². The van der Waals surface area contributed by atoms with Crippen molar-refractivity contribution in [3.8, 4) is 0 Å². The van der Waals surface area contributed by atoms with Crippen molar-refractivity contribution >= 4 is 15.0 Å². The number of hydrogen-bond acceptors (Lipinski definition) is 7. The Morgan fingerprint density at radius 2 is 1.27 bits per heavy atom. The van der Waals surface area contributed by atoms with E-state index in [9.17, 15) is 0 Å². The molecule has 9 heteroatoms. The van der Waals surface area contributed by atoms with E-state index in [1.807, 2.05) is 0 Å². The second kappa shape index (κ2) is 10.5. The van der Waals surface area contributed by atoms with E-state index in [2.05, 4.69) is 0 Å². The molecule has 0 aromatic rings. The normalized spacial score (nSPS) is 7.73. The van der Waals surface area contributed by atoms with Gasteiger partial charge < -0.3 is 35.2 Å². The number of aliphatic carboxylic acids is 1. The molecule has 0 aliphatic carbocycles.